The van der Waals surface area contributed by atoms with E-state index in [0.717, 1.165) is 25.9 Å². The number of carbonyl (C=O) groups excluding carboxylic acids is 2. The maximum Gasteiger partial charge on any atom is 0.265 e. The highest BCUT2D eigenvalue weighted by atomic mass is 32.2. The van der Waals surface area contributed by atoms with Crippen molar-refractivity contribution in [1.29, 1.82) is 0 Å². The van der Waals surface area contributed by atoms with Crippen LogP contribution in [0.15, 0.2) is 53.4 Å². The summed E-state index contributed by atoms with van der Waals surface area (Å²) < 4.78 is 30.8. The monoisotopic (exact) mass is 487 g/mol. The summed E-state index contributed by atoms with van der Waals surface area (Å²) in [6.45, 7) is 1.55. The number of rotatable bonds is 6. The van der Waals surface area contributed by atoms with E-state index in [9.17, 15) is 23.2 Å². The van der Waals surface area contributed by atoms with Gasteiger partial charge in [-0.1, -0.05) is 0 Å². The van der Waals surface area contributed by atoms with Gasteiger partial charge >= 0.3 is 0 Å². The molecule has 2 aromatic carbocycles. The summed E-state index contributed by atoms with van der Waals surface area (Å²) in [7, 11) is -2.57. The van der Waals surface area contributed by atoms with E-state index in [0.29, 0.717) is 23.4 Å². The van der Waals surface area contributed by atoms with Gasteiger partial charge in [0, 0.05) is 11.3 Å². The zero-order valence-corrected chi connectivity index (χ0v) is 19.8. The molecule has 9 nitrogen and oxygen atoms in total. The van der Waals surface area contributed by atoms with Gasteiger partial charge in [0.05, 0.1) is 12.0 Å². The number of ether oxygens (including phenoxy) is 1. The minimum atomic E-state index is -4.11. The summed E-state index contributed by atoms with van der Waals surface area (Å²) in [6.07, 6.45) is 2.51. The van der Waals surface area contributed by atoms with Crippen molar-refractivity contribution in [2.24, 2.45) is 5.41 Å². The van der Waals surface area contributed by atoms with E-state index in [1.165, 1.54) is 31.4 Å². The molecule has 1 aliphatic carbocycles. The number of hydroxylamine groups is 1. The third-order valence-electron chi connectivity index (χ3n) is 7.19. The summed E-state index contributed by atoms with van der Waals surface area (Å²) in [6, 6.07) is 12.4. The summed E-state index contributed by atoms with van der Waals surface area (Å²) in [5.74, 6) is -0.608. The van der Waals surface area contributed by atoms with Crippen molar-refractivity contribution in [2.75, 3.05) is 25.5 Å². The van der Waals surface area contributed by atoms with Crippen LogP contribution >= 0.6 is 0 Å². The predicted molar refractivity (Wildman–Crippen MR) is 126 cm³/mol. The summed E-state index contributed by atoms with van der Waals surface area (Å²) in [5.41, 5.74) is 2.21. The number of anilines is 1. The molecule has 4 N–H and O–H groups in total. The molecular formula is C24H29N3O6S. The van der Waals surface area contributed by atoms with Crippen molar-refractivity contribution in [3.8, 4) is 5.75 Å². The van der Waals surface area contributed by atoms with E-state index >= 15 is 0 Å². The van der Waals surface area contributed by atoms with Crippen LogP contribution in [-0.2, 0) is 14.6 Å². The van der Waals surface area contributed by atoms with Crippen LogP contribution in [0.3, 0.4) is 0 Å². The molecule has 2 fully saturated rings. The van der Waals surface area contributed by atoms with Gasteiger partial charge in [0.15, 0.2) is 14.6 Å². The van der Waals surface area contributed by atoms with E-state index in [1.54, 1.807) is 29.7 Å². The van der Waals surface area contributed by atoms with E-state index in [-0.39, 0.29) is 29.1 Å². The summed E-state index contributed by atoms with van der Waals surface area (Å²) >= 11 is 0. The average Bonchev–Trinajstić information content (AvgIpc) is 3.24. The lowest BCUT2D eigenvalue weighted by atomic mass is 9.77. The molecule has 2 aromatic rings. The van der Waals surface area contributed by atoms with Crippen LogP contribution in [-0.4, -0.2) is 50.4 Å². The molecule has 10 heteroatoms. The summed E-state index contributed by atoms with van der Waals surface area (Å²) in [5, 5.41) is 15.4. The molecule has 2 aliphatic rings. The van der Waals surface area contributed by atoms with Gasteiger partial charge in [-0.15, -0.1) is 0 Å². The van der Waals surface area contributed by atoms with Crippen molar-refractivity contribution in [3.05, 3.63) is 54.1 Å². The Bertz CT molecular complexity index is 1160. The SMILES string of the molecule is COc1ccc(C(=O)Nc2ccc(S(=O)(=O)C3(C(=O)NO)CCC4(CCNCC4)C3)cc2)cc1. The van der Waals surface area contributed by atoms with Crippen LogP contribution in [0.2, 0.25) is 0 Å². The molecular weight excluding hydrogens is 458 g/mol. The zero-order valence-electron chi connectivity index (χ0n) is 19.0. The fourth-order valence-corrected chi connectivity index (χ4v) is 7.27. The number of nitrogens with one attached hydrogen (secondary N) is 3. The Morgan fingerprint density at radius 1 is 0.971 bits per heavy atom. The molecule has 0 radical (unpaired) electrons. The van der Waals surface area contributed by atoms with Gasteiger partial charge in [0.2, 0.25) is 0 Å². The van der Waals surface area contributed by atoms with Crippen molar-refractivity contribution < 1.29 is 28.0 Å². The summed E-state index contributed by atoms with van der Waals surface area (Å²) in [4.78, 5) is 25.3. The lowest BCUT2D eigenvalue weighted by Crippen LogP contribution is -2.51. The number of sulfone groups is 1. The van der Waals surface area contributed by atoms with Crippen molar-refractivity contribution in [2.45, 2.75) is 41.7 Å². The number of carbonyl (C=O) groups is 2. The van der Waals surface area contributed by atoms with Gasteiger partial charge in [0.25, 0.3) is 11.8 Å². The van der Waals surface area contributed by atoms with Crippen LogP contribution in [0.1, 0.15) is 42.5 Å². The van der Waals surface area contributed by atoms with Gasteiger partial charge < -0.3 is 15.4 Å². The molecule has 1 unspecified atom stereocenters. The molecule has 1 atom stereocenters. The van der Waals surface area contributed by atoms with E-state index in [4.69, 9.17) is 4.74 Å². The maximum absolute atomic E-state index is 13.7. The molecule has 1 saturated heterocycles. The van der Waals surface area contributed by atoms with Gasteiger partial charge in [-0.05, 0) is 99.1 Å². The lowest BCUT2D eigenvalue weighted by Gasteiger charge is -2.36. The van der Waals surface area contributed by atoms with E-state index in [1.807, 2.05) is 0 Å². The second-order valence-corrected chi connectivity index (χ2v) is 11.3. The van der Waals surface area contributed by atoms with Gasteiger partial charge in [-0.3, -0.25) is 14.8 Å². The fourth-order valence-electron chi connectivity index (χ4n) is 5.17. The highest BCUT2D eigenvalue weighted by molar-refractivity contribution is 7.93. The third kappa shape index (κ3) is 4.28. The van der Waals surface area contributed by atoms with Gasteiger partial charge in [-0.2, -0.15) is 0 Å². The molecule has 1 heterocycles. The topological polar surface area (TPSA) is 134 Å². The van der Waals surface area contributed by atoms with Crippen LogP contribution in [0.4, 0.5) is 5.69 Å². The predicted octanol–water partition coefficient (Wildman–Crippen LogP) is 2.52. The number of amides is 2. The number of benzene rings is 2. The number of hydrogen-bond acceptors (Lipinski definition) is 7. The van der Waals surface area contributed by atoms with Crippen molar-refractivity contribution >= 4 is 27.3 Å². The Kier molecular flexibility index (Phi) is 6.66. The molecule has 1 spiro atoms. The Morgan fingerprint density at radius 3 is 2.21 bits per heavy atom. The minimum absolute atomic E-state index is 0.0236. The molecule has 1 aliphatic heterocycles. The molecule has 34 heavy (non-hydrogen) atoms. The smallest absolute Gasteiger partial charge is 0.265 e. The van der Waals surface area contributed by atoms with Crippen LogP contribution in [0, 0.1) is 5.41 Å². The average molecular weight is 488 g/mol. The molecule has 4 rings (SSSR count). The molecule has 1 saturated carbocycles. The van der Waals surface area contributed by atoms with E-state index in [2.05, 4.69) is 10.6 Å². The lowest BCUT2D eigenvalue weighted by molar-refractivity contribution is -0.132. The quantitative estimate of drug-likeness (QED) is 0.363. The van der Waals surface area contributed by atoms with Crippen LogP contribution < -0.4 is 20.9 Å². The highest BCUT2D eigenvalue weighted by Crippen LogP contribution is 2.54. The second-order valence-electron chi connectivity index (χ2n) is 9.07. The third-order valence-corrected chi connectivity index (χ3v) is 9.64. The second kappa shape index (κ2) is 9.36. The molecule has 182 valence electrons. The first-order valence-corrected chi connectivity index (χ1v) is 12.7. The Balaban J connectivity index is 1.56. The Hall–Kier alpha value is -2.95. The first-order valence-electron chi connectivity index (χ1n) is 11.2. The maximum atomic E-state index is 13.7. The van der Waals surface area contributed by atoms with Gasteiger partial charge in [0.1, 0.15) is 5.75 Å². The largest absolute Gasteiger partial charge is 0.497 e. The van der Waals surface area contributed by atoms with Crippen LogP contribution in [0.5, 0.6) is 5.75 Å². The Morgan fingerprint density at radius 2 is 1.62 bits per heavy atom. The van der Waals surface area contributed by atoms with Crippen molar-refractivity contribution in [3.63, 3.8) is 0 Å². The van der Waals surface area contributed by atoms with E-state index < -0.39 is 20.5 Å². The number of hydrogen-bond donors (Lipinski definition) is 4. The zero-order chi connectivity index (χ0) is 24.4. The Labute approximate surface area is 198 Å². The van der Waals surface area contributed by atoms with Gasteiger partial charge in [-0.25, -0.2) is 13.9 Å². The van der Waals surface area contributed by atoms with Crippen LogP contribution in [0.25, 0.3) is 0 Å². The normalized spacial score (nSPS) is 21.7. The molecule has 0 aromatic heterocycles. The molecule has 0 bridgehead atoms. The first kappa shape index (κ1) is 24.2. The van der Waals surface area contributed by atoms with Crippen molar-refractivity contribution in [1.82, 2.24) is 10.8 Å². The fraction of sp³-hybridized carbons (Fsp3) is 0.417. The highest BCUT2D eigenvalue weighted by Gasteiger charge is 2.60. The standard InChI is InChI=1S/C24H29N3O6S/c1-33-19-6-2-17(3-7-19)21(28)26-18-4-8-20(9-5-18)34(31,32)24(22(29)27-30)11-10-23(16-24)12-14-25-15-13-23/h2-9,25,30H,10-16H2,1H3,(H,26,28)(H,27,29). The minimum Gasteiger partial charge on any atom is -0.497 e. The number of methoxy groups -OCH3 is 1. The first-order chi connectivity index (χ1) is 16.2. The molecule has 2 amide bonds. The number of piperidine rings is 1.